The molecule has 0 aliphatic heterocycles. The van der Waals surface area contributed by atoms with Gasteiger partial charge in [-0.05, 0) is 24.6 Å². The standard InChI is InChI=1S/C12H12N4O5S2/c1-7-5-9(14-15-12-13-3-4-22-12)8(11(17)18)6-10(7)16(2)23(19,20)21/h3-6H,1-2H3,(H,17,18)(H,19,20,21). The molecular formula is C12H12N4O5S2. The Morgan fingerprint density at radius 1 is 1.35 bits per heavy atom. The van der Waals surface area contributed by atoms with E-state index in [9.17, 15) is 18.3 Å². The maximum absolute atomic E-state index is 11.4. The van der Waals surface area contributed by atoms with E-state index in [-0.39, 0.29) is 16.9 Å². The second-order valence-electron chi connectivity index (χ2n) is 4.42. The van der Waals surface area contributed by atoms with Gasteiger partial charge in [-0.15, -0.1) is 21.6 Å². The summed E-state index contributed by atoms with van der Waals surface area (Å²) in [6.07, 6.45) is 1.53. The highest BCUT2D eigenvalue weighted by Gasteiger charge is 2.21. The number of nitrogens with zero attached hydrogens (tertiary/aromatic N) is 4. The van der Waals surface area contributed by atoms with Crippen LogP contribution in [0.15, 0.2) is 33.9 Å². The predicted octanol–water partition coefficient (Wildman–Crippen LogP) is 2.80. The highest BCUT2D eigenvalue weighted by molar-refractivity contribution is 7.87. The van der Waals surface area contributed by atoms with Crippen molar-refractivity contribution in [3.63, 3.8) is 0 Å². The second kappa shape index (κ2) is 6.40. The number of carboxylic acid groups (broad SMARTS) is 1. The van der Waals surface area contributed by atoms with Crippen LogP contribution in [0.5, 0.6) is 0 Å². The fraction of sp³-hybridized carbons (Fsp3) is 0.167. The van der Waals surface area contributed by atoms with Gasteiger partial charge in [-0.25, -0.2) is 9.78 Å². The number of thiazole rings is 1. The van der Waals surface area contributed by atoms with Crippen LogP contribution >= 0.6 is 11.3 Å². The molecular weight excluding hydrogens is 344 g/mol. The van der Waals surface area contributed by atoms with Crippen molar-refractivity contribution < 1.29 is 22.9 Å². The van der Waals surface area contributed by atoms with Crippen LogP contribution in [0.25, 0.3) is 0 Å². The summed E-state index contributed by atoms with van der Waals surface area (Å²) in [5, 5.41) is 19.0. The number of benzene rings is 1. The molecule has 0 radical (unpaired) electrons. The van der Waals surface area contributed by atoms with Crippen LogP contribution in [0.2, 0.25) is 0 Å². The van der Waals surface area contributed by atoms with E-state index < -0.39 is 16.3 Å². The summed E-state index contributed by atoms with van der Waals surface area (Å²) in [6.45, 7) is 1.56. The molecule has 122 valence electrons. The maximum Gasteiger partial charge on any atom is 0.359 e. The minimum atomic E-state index is -4.50. The lowest BCUT2D eigenvalue weighted by molar-refractivity contribution is 0.0697. The first-order valence-corrected chi connectivity index (χ1v) is 8.38. The largest absolute Gasteiger partial charge is 0.478 e. The van der Waals surface area contributed by atoms with Crippen LogP contribution in [-0.2, 0) is 10.3 Å². The first-order valence-electron chi connectivity index (χ1n) is 6.10. The SMILES string of the molecule is Cc1cc(N=Nc2nccs2)c(C(=O)O)cc1N(C)S(=O)(=O)O. The number of anilines is 1. The van der Waals surface area contributed by atoms with E-state index in [1.807, 2.05) is 0 Å². The van der Waals surface area contributed by atoms with Crippen molar-refractivity contribution in [1.82, 2.24) is 4.98 Å². The zero-order chi connectivity index (χ0) is 17.2. The summed E-state index contributed by atoms with van der Waals surface area (Å²) in [5.41, 5.74) is 0.236. The van der Waals surface area contributed by atoms with Gasteiger partial charge in [0.15, 0.2) is 0 Å². The van der Waals surface area contributed by atoms with E-state index in [1.54, 1.807) is 12.3 Å². The Hall–Kier alpha value is -2.37. The van der Waals surface area contributed by atoms with Crippen LogP contribution in [-0.4, -0.2) is 36.1 Å². The molecule has 0 atom stereocenters. The molecule has 2 N–H and O–H groups in total. The van der Waals surface area contributed by atoms with Crippen molar-refractivity contribution in [2.24, 2.45) is 10.2 Å². The minimum Gasteiger partial charge on any atom is -0.478 e. The fourth-order valence-electron chi connectivity index (χ4n) is 1.76. The Morgan fingerprint density at radius 3 is 2.57 bits per heavy atom. The number of hydrogen-bond acceptors (Lipinski definition) is 7. The first-order chi connectivity index (χ1) is 10.7. The molecule has 23 heavy (non-hydrogen) atoms. The highest BCUT2D eigenvalue weighted by atomic mass is 32.2. The van der Waals surface area contributed by atoms with E-state index in [2.05, 4.69) is 15.2 Å². The Kier molecular flexibility index (Phi) is 4.73. The van der Waals surface area contributed by atoms with Gasteiger partial charge < -0.3 is 5.11 Å². The molecule has 0 saturated heterocycles. The fourth-order valence-corrected chi connectivity index (χ4v) is 2.66. The molecule has 2 rings (SSSR count). The third-order valence-corrected chi connectivity index (χ3v) is 4.44. The summed E-state index contributed by atoms with van der Waals surface area (Å²) in [6, 6.07) is 2.49. The molecule has 1 aromatic heterocycles. The van der Waals surface area contributed by atoms with Gasteiger partial charge in [0, 0.05) is 18.6 Å². The molecule has 0 aliphatic rings. The van der Waals surface area contributed by atoms with Crippen LogP contribution < -0.4 is 4.31 Å². The van der Waals surface area contributed by atoms with Gasteiger partial charge in [-0.1, -0.05) is 0 Å². The number of hydrogen-bond donors (Lipinski definition) is 2. The molecule has 1 aromatic carbocycles. The third kappa shape index (κ3) is 3.88. The van der Waals surface area contributed by atoms with Crippen molar-refractivity contribution in [2.75, 3.05) is 11.4 Å². The number of carbonyl (C=O) groups is 1. The quantitative estimate of drug-likeness (QED) is 0.625. The Morgan fingerprint density at radius 2 is 2.04 bits per heavy atom. The minimum absolute atomic E-state index is 0.0260. The number of azo groups is 1. The highest BCUT2D eigenvalue weighted by Crippen LogP contribution is 2.31. The number of aromatic nitrogens is 1. The summed E-state index contributed by atoms with van der Waals surface area (Å²) < 4.78 is 32.1. The van der Waals surface area contributed by atoms with E-state index in [0.717, 1.165) is 13.1 Å². The normalized spacial score (nSPS) is 11.8. The third-order valence-electron chi connectivity index (χ3n) is 2.89. The van der Waals surface area contributed by atoms with Crippen molar-refractivity contribution in [2.45, 2.75) is 6.92 Å². The molecule has 0 aliphatic carbocycles. The summed E-state index contributed by atoms with van der Waals surface area (Å²) >= 11 is 1.23. The summed E-state index contributed by atoms with van der Waals surface area (Å²) in [5.74, 6) is -1.30. The smallest absolute Gasteiger partial charge is 0.359 e. The Labute approximate surface area is 135 Å². The molecule has 0 amide bonds. The molecule has 0 bridgehead atoms. The van der Waals surface area contributed by atoms with E-state index >= 15 is 0 Å². The van der Waals surface area contributed by atoms with Crippen molar-refractivity contribution in [3.05, 3.63) is 34.8 Å². The van der Waals surface area contributed by atoms with E-state index in [0.29, 0.717) is 15.0 Å². The predicted molar refractivity (Wildman–Crippen MR) is 84.4 cm³/mol. The number of aromatic carboxylic acids is 1. The molecule has 0 unspecified atom stereocenters. The summed E-state index contributed by atoms with van der Waals surface area (Å²) in [4.78, 5) is 15.3. The van der Waals surface area contributed by atoms with Gasteiger partial charge in [0.1, 0.15) is 5.69 Å². The molecule has 0 fully saturated rings. The zero-order valence-corrected chi connectivity index (χ0v) is 13.7. The van der Waals surface area contributed by atoms with Gasteiger partial charge >= 0.3 is 16.3 Å². The number of rotatable bonds is 5. The average Bonchev–Trinajstić information content (AvgIpc) is 2.96. The van der Waals surface area contributed by atoms with Crippen molar-refractivity contribution in [3.8, 4) is 0 Å². The summed E-state index contributed by atoms with van der Waals surface area (Å²) in [7, 11) is -3.39. The van der Waals surface area contributed by atoms with E-state index in [4.69, 9.17) is 4.55 Å². The van der Waals surface area contributed by atoms with Gasteiger partial charge in [0.05, 0.1) is 11.3 Å². The molecule has 1 heterocycles. The lowest BCUT2D eigenvalue weighted by Crippen LogP contribution is -2.26. The van der Waals surface area contributed by atoms with Crippen LogP contribution in [0, 0.1) is 6.92 Å². The first kappa shape index (κ1) is 17.0. The lowest BCUT2D eigenvalue weighted by Gasteiger charge is -2.18. The van der Waals surface area contributed by atoms with Gasteiger partial charge in [-0.2, -0.15) is 8.42 Å². The Balaban J connectivity index is 2.53. The molecule has 0 spiro atoms. The molecule has 0 saturated carbocycles. The maximum atomic E-state index is 11.4. The Bertz CT molecular complexity index is 862. The van der Waals surface area contributed by atoms with Gasteiger partial charge in [-0.3, -0.25) is 8.86 Å². The van der Waals surface area contributed by atoms with Crippen LogP contribution in [0.1, 0.15) is 15.9 Å². The molecule has 2 aromatic rings. The van der Waals surface area contributed by atoms with Gasteiger partial charge in [0.2, 0.25) is 5.13 Å². The number of aryl methyl sites for hydroxylation is 1. The second-order valence-corrected chi connectivity index (χ2v) is 6.74. The van der Waals surface area contributed by atoms with Crippen molar-refractivity contribution in [1.29, 1.82) is 0 Å². The van der Waals surface area contributed by atoms with Crippen LogP contribution in [0.3, 0.4) is 0 Å². The zero-order valence-electron chi connectivity index (χ0n) is 12.0. The topological polar surface area (TPSA) is 133 Å². The van der Waals surface area contributed by atoms with Crippen molar-refractivity contribution >= 4 is 44.1 Å². The van der Waals surface area contributed by atoms with E-state index in [1.165, 1.54) is 23.6 Å². The van der Waals surface area contributed by atoms with Gasteiger partial charge in [0.25, 0.3) is 0 Å². The van der Waals surface area contributed by atoms with Crippen LogP contribution in [0.4, 0.5) is 16.5 Å². The molecule has 9 nitrogen and oxygen atoms in total. The monoisotopic (exact) mass is 356 g/mol. The lowest BCUT2D eigenvalue weighted by atomic mass is 10.1. The number of carboxylic acids is 1. The molecule has 11 heteroatoms. The average molecular weight is 356 g/mol.